The van der Waals surface area contributed by atoms with Gasteiger partial charge in [0.1, 0.15) is 29.5 Å². The van der Waals surface area contributed by atoms with Gasteiger partial charge in [0.15, 0.2) is 0 Å². The van der Waals surface area contributed by atoms with Crippen molar-refractivity contribution in [3.8, 4) is 0 Å². The first-order chi connectivity index (χ1) is 19.8. The SMILES string of the molecule is CC(=O)OC1(C)CC(=O)OCC2CC(C)=CC3OC4CC(OC(=O)C=CC=CC(C(C)O)OCC1O)C(C)(C23)C41CO1. The normalized spacial score (nSPS) is 44.6. The van der Waals surface area contributed by atoms with Crippen LogP contribution in [0.15, 0.2) is 36.0 Å². The van der Waals surface area contributed by atoms with E-state index in [-0.39, 0.29) is 37.3 Å². The average molecular weight is 591 g/mol. The fourth-order valence-corrected chi connectivity index (χ4v) is 7.53. The van der Waals surface area contributed by atoms with Crippen LogP contribution in [-0.2, 0) is 42.8 Å². The highest BCUT2D eigenvalue weighted by molar-refractivity contribution is 5.82. The van der Waals surface area contributed by atoms with Crippen molar-refractivity contribution < 1.29 is 53.0 Å². The first kappa shape index (κ1) is 30.9. The molecule has 11 heteroatoms. The number of carbonyl (C=O) groups is 3. The van der Waals surface area contributed by atoms with Gasteiger partial charge >= 0.3 is 17.9 Å². The molecule has 5 aliphatic rings. The maximum atomic E-state index is 13.2. The summed E-state index contributed by atoms with van der Waals surface area (Å²) in [6, 6.07) is 0. The summed E-state index contributed by atoms with van der Waals surface area (Å²) < 4.78 is 35.6. The fourth-order valence-electron chi connectivity index (χ4n) is 7.53. The van der Waals surface area contributed by atoms with Gasteiger partial charge in [0, 0.05) is 36.7 Å². The van der Waals surface area contributed by atoms with Crippen LogP contribution in [0, 0.1) is 17.3 Å². The van der Waals surface area contributed by atoms with Crippen molar-refractivity contribution in [1.29, 1.82) is 0 Å². The van der Waals surface area contributed by atoms with Crippen LogP contribution in [0.5, 0.6) is 0 Å². The Morgan fingerprint density at radius 3 is 2.57 bits per heavy atom. The van der Waals surface area contributed by atoms with Crippen LogP contribution in [-0.4, -0.2) is 95.8 Å². The number of hydrogen-bond donors (Lipinski definition) is 2. The minimum absolute atomic E-state index is 0.0578. The Morgan fingerprint density at radius 2 is 1.90 bits per heavy atom. The third kappa shape index (κ3) is 5.57. The monoisotopic (exact) mass is 590 g/mol. The molecule has 0 amide bonds. The van der Waals surface area contributed by atoms with Gasteiger partial charge in [0.05, 0.1) is 44.6 Å². The second-order valence-corrected chi connectivity index (χ2v) is 12.8. The summed E-state index contributed by atoms with van der Waals surface area (Å²) in [7, 11) is 0. The lowest BCUT2D eigenvalue weighted by Crippen LogP contribution is -2.60. The van der Waals surface area contributed by atoms with Gasteiger partial charge in [-0.3, -0.25) is 9.59 Å². The van der Waals surface area contributed by atoms with E-state index in [0.29, 0.717) is 19.4 Å². The highest BCUT2D eigenvalue weighted by atomic mass is 16.6. The van der Waals surface area contributed by atoms with E-state index in [0.717, 1.165) is 5.57 Å². The molecule has 3 heterocycles. The molecule has 232 valence electrons. The number of epoxide rings is 1. The minimum atomic E-state index is -1.64. The zero-order valence-corrected chi connectivity index (χ0v) is 24.8. The Hall–Kier alpha value is -2.57. The van der Waals surface area contributed by atoms with Crippen LogP contribution in [0.2, 0.25) is 0 Å². The van der Waals surface area contributed by atoms with Crippen molar-refractivity contribution in [3.05, 3.63) is 36.0 Å². The van der Waals surface area contributed by atoms with Gasteiger partial charge in [-0.2, -0.15) is 0 Å². The minimum Gasteiger partial charge on any atom is -0.465 e. The Bertz CT molecular complexity index is 1170. The van der Waals surface area contributed by atoms with Gasteiger partial charge < -0.3 is 38.6 Å². The zero-order valence-electron chi connectivity index (χ0n) is 24.8. The summed E-state index contributed by atoms with van der Waals surface area (Å²) in [6.07, 6.45) is 4.54. The van der Waals surface area contributed by atoms with Crippen molar-refractivity contribution in [1.82, 2.24) is 0 Å². The lowest BCUT2D eigenvalue weighted by Gasteiger charge is -2.52. The molecule has 2 bridgehead atoms. The van der Waals surface area contributed by atoms with E-state index < -0.39 is 65.4 Å². The van der Waals surface area contributed by atoms with E-state index in [4.69, 9.17) is 28.4 Å². The van der Waals surface area contributed by atoms with Gasteiger partial charge in [0.2, 0.25) is 0 Å². The number of rotatable bonds is 2. The average Bonchev–Trinajstić information content (AvgIpc) is 3.68. The molecule has 0 radical (unpaired) electrons. The van der Waals surface area contributed by atoms with Crippen molar-refractivity contribution in [2.24, 2.45) is 17.3 Å². The summed E-state index contributed by atoms with van der Waals surface area (Å²) in [6.45, 7) is 8.46. The van der Waals surface area contributed by atoms with Crippen molar-refractivity contribution in [3.63, 3.8) is 0 Å². The van der Waals surface area contributed by atoms with Gasteiger partial charge in [-0.1, -0.05) is 36.8 Å². The molecular formula is C31H42O11. The maximum Gasteiger partial charge on any atom is 0.331 e. The maximum absolute atomic E-state index is 13.2. The summed E-state index contributed by atoms with van der Waals surface area (Å²) in [5.74, 6) is -2.16. The summed E-state index contributed by atoms with van der Waals surface area (Å²) in [4.78, 5) is 38.1. The number of allylic oxidation sites excluding steroid dienone is 3. The van der Waals surface area contributed by atoms with Crippen molar-refractivity contribution in [2.45, 2.75) is 102 Å². The fraction of sp³-hybridized carbons (Fsp3) is 0.710. The molecule has 0 aromatic carbocycles. The van der Waals surface area contributed by atoms with Crippen LogP contribution in [0.4, 0.5) is 0 Å². The lowest BCUT2D eigenvalue weighted by molar-refractivity contribution is -0.191. The standard InChI is InChI=1S/C31H42O11/c1-17-10-20-14-38-27(36)13-29(4,42-19(3)33)23(34)15-37-21(18(2)32)8-6-7-9-26(35)41-24-12-25-31(16-39-31)30(24,5)28(20)22(11-17)40-25/h6-9,11,18,20-25,28,32,34H,10,12-16H2,1-5H3. The zero-order chi connectivity index (χ0) is 30.4. The van der Waals surface area contributed by atoms with E-state index >= 15 is 0 Å². The molecule has 3 fully saturated rings. The Labute approximate surface area is 245 Å². The summed E-state index contributed by atoms with van der Waals surface area (Å²) in [5, 5.41) is 21.2. The largest absolute Gasteiger partial charge is 0.465 e. The molecule has 11 nitrogen and oxygen atoms in total. The topological polar surface area (TPSA) is 150 Å². The molecule has 2 N–H and O–H groups in total. The molecule has 1 saturated carbocycles. The number of aliphatic hydroxyl groups excluding tert-OH is 2. The Balaban J connectivity index is 1.48. The molecule has 11 atom stereocenters. The molecule has 3 aliphatic heterocycles. The van der Waals surface area contributed by atoms with Crippen LogP contribution in [0.25, 0.3) is 0 Å². The molecule has 11 unspecified atom stereocenters. The van der Waals surface area contributed by atoms with Gasteiger partial charge in [-0.15, -0.1) is 0 Å². The highest BCUT2D eigenvalue weighted by Crippen LogP contribution is 2.68. The highest BCUT2D eigenvalue weighted by Gasteiger charge is 2.79. The summed E-state index contributed by atoms with van der Waals surface area (Å²) >= 11 is 0. The Morgan fingerprint density at radius 1 is 1.17 bits per heavy atom. The van der Waals surface area contributed by atoms with Crippen LogP contribution < -0.4 is 0 Å². The first-order valence-corrected chi connectivity index (χ1v) is 14.6. The number of carbonyl (C=O) groups excluding carboxylic acids is 3. The quantitative estimate of drug-likeness (QED) is 0.210. The molecule has 42 heavy (non-hydrogen) atoms. The second kappa shape index (κ2) is 11.5. The van der Waals surface area contributed by atoms with Crippen molar-refractivity contribution >= 4 is 17.9 Å². The smallest absolute Gasteiger partial charge is 0.331 e. The van der Waals surface area contributed by atoms with E-state index in [1.165, 1.54) is 39.0 Å². The predicted octanol–water partition coefficient (Wildman–Crippen LogP) is 1.94. The third-order valence-electron chi connectivity index (χ3n) is 9.75. The molecule has 0 aromatic heterocycles. The molecule has 2 aliphatic carbocycles. The van der Waals surface area contributed by atoms with E-state index in [9.17, 15) is 24.6 Å². The number of hydrogen-bond acceptors (Lipinski definition) is 11. The van der Waals surface area contributed by atoms with Crippen molar-refractivity contribution in [2.75, 3.05) is 19.8 Å². The van der Waals surface area contributed by atoms with Gasteiger partial charge in [-0.05, 0) is 27.2 Å². The van der Waals surface area contributed by atoms with E-state index in [1.54, 1.807) is 6.08 Å². The number of cyclic esters (lactones) is 1. The number of aliphatic hydroxyl groups is 2. The third-order valence-corrected chi connectivity index (χ3v) is 9.75. The van der Waals surface area contributed by atoms with E-state index in [1.807, 2.05) is 6.92 Å². The molecule has 0 aromatic rings. The molecule has 2 saturated heterocycles. The predicted molar refractivity (Wildman–Crippen MR) is 147 cm³/mol. The number of ether oxygens (including phenoxy) is 6. The lowest BCUT2D eigenvalue weighted by atomic mass is 9.57. The molecular weight excluding hydrogens is 548 g/mol. The van der Waals surface area contributed by atoms with Gasteiger partial charge in [-0.25, -0.2) is 4.79 Å². The summed E-state index contributed by atoms with van der Waals surface area (Å²) in [5.41, 5.74) is -1.70. The second-order valence-electron chi connectivity index (χ2n) is 12.8. The van der Waals surface area contributed by atoms with Crippen LogP contribution in [0.1, 0.15) is 53.9 Å². The Kier molecular flexibility index (Phi) is 8.45. The van der Waals surface area contributed by atoms with Crippen LogP contribution in [0.3, 0.4) is 0 Å². The molecule has 5 rings (SSSR count). The molecule has 1 spiro atoms. The number of esters is 3. The van der Waals surface area contributed by atoms with Gasteiger partial charge in [0.25, 0.3) is 0 Å². The first-order valence-electron chi connectivity index (χ1n) is 14.6. The van der Waals surface area contributed by atoms with Crippen LogP contribution >= 0.6 is 0 Å². The van der Waals surface area contributed by atoms with E-state index in [2.05, 4.69) is 13.0 Å².